The molecule has 0 bridgehead atoms. The van der Waals surface area contributed by atoms with E-state index in [1.807, 2.05) is 19.2 Å². The molecule has 0 saturated carbocycles. The van der Waals surface area contributed by atoms with Gasteiger partial charge in [-0.25, -0.2) is 4.98 Å². The van der Waals surface area contributed by atoms with Crippen LogP contribution in [0.3, 0.4) is 0 Å². The molecule has 0 aliphatic carbocycles. The molecule has 20 heavy (non-hydrogen) atoms. The second-order valence-electron chi connectivity index (χ2n) is 4.26. The van der Waals surface area contributed by atoms with Gasteiger partial charge in [-0.15, -0.1) is 11.3 Å². The van der Waals surface area contributed by atoms with E-state index in [9.17, 15) is 9.90 Å². The number of nitrogens with zero attached hydrogens (tertiary/aromatic N) is 1. The van der Waals surface area contributed by atoms with E-state index in [0.29, 0.717) is 6.61 Å². The van der Waals surface area contributed by atoms with Crippen molar-refractivity contribution in [3.63, 3.8) is 0 Å². The molecule has 6 heteroatoms. The van der Waals surface area contributed by atoms with Crippen LogP contribution in [0.25, 0.3) is 11.3 Å². The van der Waals surface area contributed by atoms with Gasteiger partial charge in [0.15, 0.2) is 0 Å². The van der Waals surface area contributed by atoms with Crippen LogP contribution in [0.2, 0.25) is 0 Å². The highest BCUT2D eigenvalue weighted by Gasteiger charge is 2.14. The molecular formula is C14H16N2O3S. The van der Waals surface area contributed by atoms with Crippen LogP contribution in [-0.2, 0) is 4.74 Å². The number of thiazole rings is 1. The lowest BCUT2D eigenvalue weighted by Gasteiger charge is -2.07. The minimum atomic E-state index is -0.664. The van der Waals surface area contributed by atoms with Crippen molar-refractivity contribution < 1.29 is 14.6 Å². The second kappa shape index (κ2) is 6.02. The summed E-state index contributed by atoms with van der Waals surface area (Å²) in [5, 5.41) is 12.3. The number of nitrogens with two attached hydrogens (primary N) is 1. The maximum atomic E-state index is 11.2. The van der Waals surface area contributed by atoms with Crippen LogP contribution in [0, 0.1) is 0 Å². The normalized spacial score (nSPS) is 12.3. The molecule has 0 spiro atoms. The number of aromatic nitrogens is 1. The fourth-order valence-corrected chi connectivity index (χ4v) is 2.65. The first-order valence-corrected chi connectivity index (χ1v) is 7.11. The molecule has 5 nitrogen and oxygen atoms in total. The van der Waals surface area contributed by atoms with Crippen molar-refractivity contribution in [2.24, 2.45) is 5.73 Å². The van der Waals surface area contributed by atoms with Crippen LogP contribution >= 0.6 is 11.3 Å². The summed E-state index contributed by atoms with van der Waals surface area (Å²) in [7, 11) is 0. The van der Waals surface area contributed by atoms with E-state index < -0.39 is 5.91 Å². The molecule has 3 N–H and O–H groups in total. The Morgan fingerprint density at radius 3 is 2.95 bits per heavy atom. The van der Waals surface area contributed by atoms with E-state index in [-0.39, 0.29) is 17.4 Å². The van der Waals surface area contributed by atoms with E-state index in [2.05, 4.69) is 4.98 Å². The van der Waals surface area contributed by atoms with E-state index >= 15 is 0 Å². The molecule has 1 aromatic carbocycles. The van der Waals surface area contributed by atoms with Gasteiger partial charge in [-0.05, 0) is 32.0 Å². The monoisotopic (exact) mass is 292 g/mol. The van der Waals surface area contributed by atoms with Gasteiger partial charge in [0.25, 0.3) is 5.91 Å². The van der Waals surface area contributed by atoms with E-state index in [1.165, 1.54) is 17.4 Å². The van der Waals surface area contributed by atoms with Crippen LogP contribution in [0.1, 0.15) is 35.3 Å². The molecule has 2 aromatic rings. The van der Waals surface area contributed by atoms with Crippen LogP contribution in [0.15, 0.2) is 23.6 Å². The highest BCUT2D eigenvalue weighted by atomic mass is 32.1. The van der Waals surface area contributed by atoms with Crippen molar-refractivity contribution in [3.8, 4) is 17.0 Å². The Morgan fingerprint density at radius 1 is 1.55 bits per heavy atom. The second-order valence-corrected chi connectivity index (χ2v) is 5.15. The van der Waals surface area contributed by atoms with Gasteiger partial charge in [-0.1, -0.05) is 0 Å². The summed E-state index contributed by atoms with van der Waals surface area (Å²) >= 11 is 1.50. The standard InChI is InChI=1S/C14H16N2O3S/c1-3-19-8(2)14-16-11(7-20-14)9-4-5-12(17)10(6-9)13(15)18/h4-8,17H,3H2,1-2H3,(H2,15,18)/t8-/m0/s1. The van der Waals surface area contributed by atoms with Crippen molar-refractivity contribution in [3.05, 3.63) is 34.2 Å². The summed E-state index contributed by atoms with van der Waals surface area (Å²) < 4.78 is 5.49. The lowest BCUT2D eigenvalue weighted by molar-refractivity contribution is 0.0762. The fraction of sp³-hybridized carbons (Fsp3) is 0.286. The van der Waals surface area contributed by atoms with E-state index in [0.717, 1.165) is 16.3 Å². The highest BCUT2D eigenvalue weighted by molar-refractivity contribution is 7.10. The predicted octanol–water partition coefficient (Wildman–Crippen LogP) is 2.71. The number of ether oxygens (including phenoxy) is 1. The van der Waals surface area contributed by atoms with Crippen LogP contribution in [0.5, 0.6) is 5.75 Å². The van der Waals surface area contributed by atoms with E-state index in [4.69, 9.17) is 10.5 Å². The third-order valence-electron chi connectivity index (χ3n) is 2.84. The molecule has 1 aromatic heterocycles. The molecule has 1 atom stereocenters. The maximum Gasteiger partial charge on any atom is 0.252 e. The molecule has 0 radical (unpaired) electrons. The molecule has 0 saturated heterocycles. The number of amides is 1. The number of aromatic hydroxyl groups is 1. The lowest BCUT2D eigenvalue weighted by atomic mass is 10.1. The Kier molecular flexibility index (Phi) is 4.36. The average Bonchev–Trinajstić information content (AvgIpc) is 2.89. The molecule has 1 heterocycles. The van der Waals surface area contributed by atoms with Gasteiger partial charge < -0.3 is 15.6 Å². The van der Waals surface area contributed by atoms with Gasteiger partial charge in [-0.2, -0.15) is 0 Å². The highest BCUT2D eigenvalue weighted by Crippen LogP contribution is 2.29. The molecule has 2 rings (SSSR count). The summed E-state index contributed by atoms with van der Waals surface area (Å²) in [6, 6.07) is 4.69. The molecule has 0 aliphatic heterocycles. The number of primary amides is 1. The number of hydrogen-bond acceptors (Lipinski definition) is 5. The SMILES string of the molecule is CCO[C@@H](C)c1nc(-c2ccc(O)c(C(N)=O)c2)cs1. The Hall–Kier alpha value is -1.92. The van der Waals surface area contributed by atoms with Crippen LogP contribution < -0.4 is 5.73 Å². The molecule has 0 unspecified atom stereocenters. The first-order valence-electron chi connectivity index (χ1n) is 6.23. The number of hydrogen-bond donors (Lipinski definition) is 2. The van der Waals surface area contributed by atoms with Crippen LogP contribution in [-0.4, -0.2) is 22.6 Å². The molecular weight excluding hydrogens is 276 g/mol. The number of carbonyl (C=O) groups excluding carboxylic acids is 1. The Bertz CT molecular complexity index is 625. The first-order chi connectivity index (χ1) is 9.52. The zero-order chi connectivity index (χ0) is 14.7. The topological polar surface area (TPSA) is 85.4 Å². The summed E-state index contributed by atoms with van der Waals surface area (Å²) in [5.41, 5.74) is 6.78. The van der Waals surface area contributed by atoms with Crippen molar-refractivity contribution in [2.75, 3.05) is 6.61 Å². The zero-order valence-corrected chi connectivity index (χ0v) is 12.1. The maximum absolute atomic E-state index is 11.2. The lowest BCUT2D eigenvalue weighted by Crippen LogP contribution is -2.11. The van der Waals surface area contributed by atoms with Crippen molar-refractivity contribution in [2.45, 2.75) is 20.0 Å². The zero-order valence-electron chi connectivity index (χ0n) is 11.3. The molecule has 1 amide bonds. The summed E-state index contributed by atoms with van der Waals surface area (Å²) in [4.78, 5) is 15.7. The van der Waals surface area contributed by atoms with Crippen LogP contribution in [0.4, 0.5) is 0 Å². The van der Waals surface area contributed by atoms with Crippen molar-refractivity contribution in [1.29, 1.82) is 0 Å². The van der Waals surface area contributed by atoms with Gasteiger partial charge in [0, 0.05) is 17.6 Å². The third kappa shape index (κ3) is 2.97. The minimum absolute atomic E-state index is 0.0634. The quantitative estimate of drug-likeness (QED) is 0.887. The van der Waals surface area contributed by atoms with E-state index in [1.54, 1.807) is 12.1 Å². The number of carbonyl (C=O) groups is 1. The Labute approximate surface area is 121 Å². The molecule has 0 aliphatic rings. The summed E-state index contributed by atoms with van der Waals surface area (Å²) in [5.74, 6) is -0.790. The van der Waals surface area contributed by atoms with Crippen molar-refractivity contribution in [1.82, 2.24) is 4.98 Å². The Balaban J connectivity index is 2.33. The van der Waals surface area contributed by atoms with Gasteiger partial charge in [0.1, 0.15) is 16.9 Å². The van der Waals surface area contributed by atoms with Gasteiger partial charge in [-0.3, -0.25) is 4.79 Å². The minimum Gasteiger partial charge on any atom is -0.507 e. The third-order valence-corrected chi connectivity index (χ3v) is 3.85. The van der Waals surface area contributed by atoms with Gasteiger partial charge in [0.05, 0.1) is 11.3 Å². The molecule has 106 valence electrons. The molecule has 0 fully saturated rings. The number of benzene rings is 1. The smallest absolute Gasteiger partial charge is 0.252 e. The van der Waals surface area contributed by atoms with Gasteiger partial charge in [0.2, 0.25) is 0 Å². The average molecular weight is 292 g/mol. The van der Waals surface area contributed by atoms with Crippen molar-refractivity contribution >= 4 is 17.2 Å². The fourth-order valence-electron chi connectivity index (χ4n) is 1.82. The number of rotatable bonds is 5. The predicted molar refractivity (Wildman–Crippen MR) is 77.8 cm³/mol. The number of phenols is 1. The van der Waals surface area contributed by atoms with Gasteiger partial charge >= 0.3 is 0 Å². The first kappa shape index (κ1) is 14.5. The largest absolute Gasteiger partial charge is 0.507 e. The Morgan fingerprint density at radius 2 is 2.30 bits per heavy atom. The summed E-state index contributed by atoms with van der Waals surface area (Å²) in [6.45, 7) is 4.50. The summed E-state index contributed by atoms with van der Waals surface area (Å²) in [6.07, 6.45) is -0.0634.